The number of halogens is 1. The highest BCUT2D eigenvalue weighted by molar-refractivity contribution is 5.72. The number of rotatable bonds is 16. The molecule has 0 aliphatic rings. The van der Waals surface area contributed by atoms with Crippen LogP contribution in [0.5, 0.6) is 0 Å². The molecule has 2 aromatic carbocycles. The van der Waals surface area contributed by atoms with Crippen molar-refractivity contribution in [3.63, 3.8) is 0 Å². The predicted molar refractivity (Wildman–Crippen MR) is 154 cm³/mol. The molecule has 0 saturated heterocycles. The molecule has 36 heavy (non-hydrogen) atoms. The third-order valence-corrected chi connectivity index (χ3v) is 7.37. The third-order valence-electron chi connectivity index (χ3n) is 7.37. The first-order chi connectivity index (χ1) is 17.7. The summed E-state index contributed by atoms with van der Waals surface area (Å²) >= 11 is 0. The fourth-order valence-corrected chi connectivity index (χ4v) is 5.36. The van der Waals surface area contributed by atoms with Crippen LogP contribution in [0, 0.1) is 5.95 Å². The topological polar surface area (TPSA) is 12.9 Å². The van der Waals surface area contributed by atoms with Crippen molar-refractivity contribution in [2.45, 2.75) is 110 Å². The molecule has 0 aliphatic heterocycles. The first-order valence-electron chi connectivity index (χ1n) is 14.5. The van der Waals surface area contributed by atoms with Crippen molar-refractivity contribution in [3.05, 3.63) is 77.9 Å². The standard InChI is InChI=1S/C34H46FN/c1-4-7-8-9-10-11-12-13-18-30-25-26-33(34(35)36-30)29-23-21-28(22-24-29)32-20-15-14-19-31(32)27(16-5-2)17-6-3/h14-15,19-27H,4-13,16-18H2,1-3H3. The molecule has 0 N–H and O–H groups in total. The fraction of sp³-hybridized carbons (Fsp3) is 0.500. The van der Waals surface area contributed by atoms with Crippen LogP contribution in [0.2, 0.25) is 0 Å². The maximum Gasteiger partial charge on any atom is 0.220 e. The highest BCUT2D eigenvalue weighted by Crippen LogP contribution is 2.35. The second-order valence-corrected chi connectivity index (χ2v) is 10.3. The van der Waals surface area contributed by atoms with E-state index in [1.165, 1.54) is 87.3 Å². The lowest BCUT2D eigenvalue weighted by Crippen LogP contribution is -2.01. The summed E-state index contributed by atoms with van der Waals surface area (Å²) in [5, 5.41) is 0. The number of aryl methyl sites for hydroxylation is 1. The van der Waals surface area contributed by atoms with Crippen LogP contribution in [0.15, 0.2) is 60.7 Å². The highest BCUT2D eigenvalue weighted by atomic mass is 19.1. The summed E-state index contributed by atoms with van der Waals surface area (Å²) in [4.78, 5) is 4.30. The molecule has 0 fully saturated rings. The van der Waals surface area contributed by atoms with Crippen LogP contribution < -0.4 is 0 Å². The largest absolute Gasteiger partial charge is 0.224 e. The van der Waals surface area contributed by atoms with Gasteiger partial charge in [-0.2, -0.15) is 4.39 Å². The summed E-state index contributed by atoms with van der Waals surface area (Å²) in [6, 6.07) is 21.1. The van der Waals surface area contributed by atoms with E-state index in [9.17, 15) is 4.39 Å². The van der Waals surface area contributed by atoms with Crippen molar-refractivity contribution in [2.24, 2.45) is 0 Å². The molecule has 0 aliphatic carbocycles. The lowest BCUT2D eigenvalue weighted by Gasteiger charge is -2.20. The SMILES string of the molecule is CCCCCCCCCCc1ccc(-c2ccc(-c3ccccc3C(CCC)CCC)cc2)c(F)n1. The van der Waals surface area contributed by atoms with Gasteiger partial charge >= 0.3 is 0 Å². The summed E-state index contributed by atoms with van der Waals surface area (Å²) in [5.41, 5.74) is 6.28. The van der Waals surface area contributed by atoms with Crippen molar-refractivity contribution in [3.8, 4) is 22.3 Å². The summed E-state index contributed by atoms with van der Waals surface area (Å²) in [7, 11) is 0. The van der Waals surface area contributed by atoms with Gasteiger partial charge in [0.05, 0.1) is 0 Å². The highest BCUT2D eigenvalue weighted by Gasteiger charge is 2.15. The zero-order valence-corrected chi connectivity index (χ0v) is 22.9. The van der Waals surface area contributed by atoms with Gasteiger partial charge in [-0.25, -0.2) is 4.98 Å². The van der Waals surface area contributed by atoms with Gasteiger partial charge in [-0.1, -0.05) is 127 Å². The smallest absolute Gasteiger partial charge is 0.220 e. The van der Waals surface area contributed by atoms with E-state index >= 15 is 0 Å². The maximum absolute atomic E-state index is 14.9. The summed E-state index contributed by atoms with van der Waals surface area (Å²) < 4.78 is 14.9. The molecule has 0 amide bonds. The van der Waals surface area contributed by atoms with Gasteiger partial charge in [0.15, 0.2) is 0 Å². The fourth-order valence-electron chi connectivity index (χ4n) is 5.36. The average Bonchev–Trinajstić information content (AvgIpc) is 2.90. The Hall–Kier alpha value is -2.48. The molecule has 0 unspecified atom stereocenters. The molecule has 2 heteroatoms. The van der Waals surface area contributed by atoms with Crippen LogP contribution in [0.25, 0.3) is 22.3 Å². The molecule has 1 aromatic heterocycles. The van der Waals surface area contributed by atoms with Crippen LogP contribution >= 0.6 is 0 Å². The van der Waals surface area contributed by atoms with E-state index in [2.05, 4.69) is 62.2 Å². The van der Waals surface area contributed by atoms with Gasteiger partial charge < -0.3 is 0 Å². The first-order valence-corrected chi connectivity index (χ1v) is 14.5. The molecule has 194 valence electrons. The van der Waals surface area contributed by atoms with Gasteiger partial charge in [0.2, 0.25) is 5.95 Å². The van der Waals surface area contributed by atoms with Crippen LogP contribution in [-0.4, -0.2) is 4.98 Å². The van der Waals surface area contributed by atoms with Gasteiger partial charge in [0, 0.05) is 11.3 Å². The van der Waals surface area contributed by atoms with Gasteiger partial charge in [-0.15, -0.1) is 0 Å². The number of pyridine rings is 1. The second-order valence-electron chi connectivity index (χ2n) is 10.3. The minimum atomic E-state index is -0.355. The number of hydrogen-bond donors (Lipinski definition) is 0. The Balaban J connectivity index is 1.63. The summed E-state index contributed by atoms with van der Waals surface area (Å²) in [5.74, 6) is 0.234. The van der Waals surface area contributed by atoms with Gasteiger partial charge in [-0.05, 0) is 66.0 Å². The van der Waals surface area contributed by atoms with E-state index < -0.39 is 0 Å². The molecular weight excluding hydrogens is 441 g/mol. The molecule has 3 aromatic rings. The lowest BCUT2D eigenvalue weighted by molar-refractivity contribution is 0.561. The molecule has 0 saturated carbocycles. The monoisotopic (exact) mass is 487 g/mol. The van der Waals surface area contributed by atoms with E-state index in [1.54, 1.807) is 0 Å². The molecule has 0 atom stereocenters. The Bertz CT molecular complexity index is 1020. The van der Waals surface area contributed by atoms with E-state index in [1.807, 2.05) is 24.3 Å². The van der Waals surface area contributed by atoms with Crippen LogP contribution in [0.3, 0.4) is 0 Å². The van der Waals surface area contributed by atoms with E-state index in [0.717, 1.165) is 24.1 Å². The van der Waals surface area contributed by atoms with E-state index in [0.29, 0.717) is 11.5 Å². The molecule has 0 radical (unpaired) electrons. The Kier molecular flexibility index (Phi) is 12.2. The number of nitrogens with zero attached hydrogens (tertiary/aromatic N) is 1. The number of unbranched alkanes of at least 4 members (excludes halogenated alkanes) is 7. The number of hydrogen-bond acceptors (Lipinski definition) is 1. The quantitative estimate of drug-likeness (QED) is 0.145. The summed E-state index contributed by atoms with van der Waals surface area (Å²) in [6.07, 6.45) is 15.9. The Morgan fingerprint density at radius 3 is 1.81 bits per heavy atom. The van der Waals surface area contributed by atoms with Gasteiger partial charge in [-0.3, -0.25) is 0 Å². The van der Waals surface area contributed by atoms with E-state index in [4.69, 9.17) is 0 Å². The predicted octanol–water partition coefficient (Wildman–Crippen LogP) is 10.9. The third kappa shape index (κ3) is 8.29. The molecule has 1 nitrogen and oxygen atoms in total. The molecule has 0 bridgehead atoms. The van der Waals surface area contributed by atoms with Crippen LogP contribution in [0.1, 0.15) is 115 Å². The van der Waals surface area contributed by atoms with Crippen LogP contribution in [0.4, 0.5) is 4.39 Å². The molecule has 3 rings (SSSR count). The number of aromatic nitrogens is 1. The van der Waals surface area contributed by atoms with Gasteiger partial charge in [0.25, 0.3) is 0 Å². The average molecular weight is 488 g/mol. The minimum absolute atomic E-state index is 0.355. The van der Waals surface area contributed by atoms with Crippen molar-refractivity contribution < 1.29 is 4.39 Å². The van der Waals surface area contributed by atoms with Crippen molar-refractivity contribution in [1.29, 1.82) is 0 Å². The van der Waals surface area contributed by atoms with Gasteiger partial charge in [0.1, 0.15) is 0 Å². The Morgan fingerprint density at radius 2 is 1.19 bits per heavy atom. The molecule has 0 spiro atoms. The minimum Gasteiger partial charge on any atom is -0.224 e. The molecule has 1 heterocycles. The Morgan fingerprint density at radius 1 is 0.611 bits per heavy atom. The zero-order chi connectivity index (χ0) is 25.6. The second kappa shape index (κ2) is 15.6. The lowest BCUT2D eigenvalue weighted by atomic mass is 9.85. The van der Waals surface area contributed by atoms with Crippen molar-refractivity contribution in [2.75, 3.05) is 0 Å². The molecular formula is C34H46FN. The van der Waals surface area contributed by atoms with E-state index in [-0.39, 0.29) is 5.95 Å². The van der Waals surface area contributed by atoms with Crippen molar-refractivity contribution >= 4 is 0 Å². The maximum atomic E-state index is 14.9. The normalized spacial score (nSPS) is 11.4. The first kappa shape index (κ1) is 28.1. The zero-order valence-electron chi connectivity index (χ0n) is 22.9. The Labute approximate surface area is 219 Å². The summed E-state index contributed by atoms with van der Waals surface area (Å²) in [6.45, 7) is 6.79. The van der Waals surface area contributed by atoms with Crippen LogP contribution in [-0.2, 0) is 6.42 Å². The number of benzene rings is 2. The van der Waals surface area contributed by atoms with Crippen molar-refractivity contribution in [1.82, 2.24) is 4.98 Å².